The number of amides is 2. The van der Waals surface area contributed by atoms with Crippen molar-refractivity contribution in [3.05, 3.63) is 65.2 Å². The van der Waals surface area contributed by atoms with Gasteiger partial charge in [0, 0.05) is 30.6 Å². The molecule has 2 rings (SSSR count). The van der Waals surface area contributed by atoms with E-state index in [1.165, 1.54) is 4.31 Å². The van der Waals surface area contributed by atoms with Crippen LogP contribution in [0.3, 0.4) is 0 Å². The highest BCUT2D eigenvalue weighted by molar-refractivity contribution is 7.92. The minimum Gasteiger partial charge on any atom is -0.352 e. The standard InChI is InChI=1S/C25H34ClN3O4S/c1-5-23(25(31)27-19(2)3)28(18-20-10-7-6-8-11-20)24(30)12-9-17-29(34(4,32)33)22-15-13-21(26)14-16-22/h6-8,10-11,13-16,19,23H,5,9,12,17-18H2,1-4H3,(H,27,31). The number of hydrogen-bond acceptors (Lipinski definition) is 4. The van der Waals surface area contributed by atoms with E-state index in [2.05, 4.69) is 5.32 Å². The number of benzene rings is 2. The molecule has 0 bridgehead atoms. The number of nitrogens with zero attached hydrogens (tertiary/aromatic N) is 2. The Hall–Kier alpha value is -2.58. The van der Waals surface area contributed by atoms with Gasteiger partial charge in [0.25, 0.3) is 0 Å². The number of sulfonamides is 1. The summed E-state index contributed by atoms with van der Waals surface area (Å²) in [6.45, 7) is 6.08. The second-order valence-corrected chi connectivity index (χ2v) is 10.9. The van der Waals surface area contributed by atoms with Crippen molar-refractivity contribution in [3.8, 4) is 0 Å². The monoisotopic (exact) mass is 507 g/mol. The summed E-state index contributed by atoms with van der Waals surface area (Å²) in [4.78, 5) is 27.8. The summed E-state index contributed by atoms with van der Waals surface area (Å²) in [7, 11) is -3.54. The highest BCUT2D eigenvalue weighted by Gasteiger charge is 2.29. The predicted molar refractivity (Wildman–Crippen MR) is 137 cm³/mol. The first kappa shape index (κ1) is 27.7. The van der Waals surface area contributed by atoms with Crippen LogP contribution in [-0.2, 0) is 26.2 Å². The van der Waals surface area contributed by atoms with Gasteiger partial charge in [0.1, 0.15) is 6.04 Å². The van der Waals surface area contributed by atoms with Crippen molar-refractivity contribution < 1.29 is 18.0 Å². The van der Waals surface area contributed by atoms with Crippen LogP contribution in [0.5, 0.6) is 0 Å². The molecule has 0 fully saturated rings. The lowest BCUT2D eigenvalue weighted by Crippen LogP contribution is -2.50. The average molecular weight is 508 g/mol. The molecule has 0 aliphatic heterocycles. The Morgan fingerprint density at radius 1 is 1.03 bits per heavy atom. The second-order valence-electron chi connectivity index (χ2n) is 8.51. The van der Waals surface area contributed by atoms with Crippen molar-refractivity contribution in [2.24, 2.45) is 0 Å². The zero-order chi connectivity index (χ0) is 25.3. The van der Waals surface area contributed by atoms with Crippen LogP contribution in [0.15, 0.2) is 54.6 Å². The molecule has 2 aromatic rings. The molecular formula is C25H34ClN3O4S. The zero-order valence-corrected chi connectivity index (χ0v) is 21.8. The van der Waals surface area contributed by atoms with Gasteiger partial charge < -0.3 is 10.2 Å². The highest BCUT2D eigenvalue weighted by Crippen LogP contribution is 2.21. The van der Waals surface area contributed by atoms with Gasteiger partial charge >= 0.3 is 0 Å². The number of carbonyl (C=O) groups is 2. The van der Waals surface area contributed by atoms with Gasteiger partial charge in [-0.1, -0.05) is 48.9 Å². The van der Waals surface area contributed by atoms with Gasteiger partial charge in [-0.2, -0.15) is 0 Å². The van der Waals surface area contributed by atoms with Crippen molar-refractivity contribution >= 4 is 39.1 Å². The van der Waals surface area contributed by atoms with Gasteiger partial charge in [0.05, 0.1) is 11.9 Å². The van der Waals surface area contributed by atoms with E-state index in [1.807, 2.05) is 51.1 Å². The molecule has 186 valence electrons. The summed E-state index contributed by atoms with van der Waals surface area (Å²) in [6.07, 6.45) is 2.02. The molecule has 0 radical (unpaired) electrons. The Bertz CT molecular complexity index is 1040. The number of nitrogens with one attached hydrogen (secondary N) is 1. The third-order valence-corrected chi connectivity index (χ3v) is 6.73. The fraction of sp³-hybridized carbons (Fsp3) is 0.440. The maximum absolute atomic E-state index is 13.3. The smallest absolute Gasteiger partial charge is 0.243 e. The van der Waals surface area contributed by atoms with Gasteiger partial charge in [0.15, 0.2) is 0 Å². The summed E-state index contributed by atoms with van der Waals surface area (Å²) in [5.41, 5.74) is 1.41. The Morgan fingerprint density at radius 3 is 2.18 bits per heavy atom. The molecule has 0 spiro atoms. The van der Waals surface area contributed by atoms with Crippen LogP contribution in [-0.4, -0.2) is 50.0 Å². The predicted octanol–water partition coefficient (Wildman–Crippen LogP) is 4.22. The van der Waals surface area contributed by atoms with E-state index in [0.717, 1.165) is 11.8 Å². The van der Waals surface area contributed by atoms with Crippen molar-refractivity contribution in [2.45, 2.75) is 58.7 Å². The van der Waals surface area contributed by atoms with E-state index in [4.69, 9.17) is 11.6 Å². The molecule has 0 aliphatic rings. The molecule has 34 heavy (non-hydrogen) atoms. The summed E-state index contributed by atoms with van der Waals surface area (Å²) in [5, 5.41) is 3.41. The molecule has 0 saturated heterocycles. The summed E-state index contributed by atoms with van der Waals surface area (Å²) in [5.74, 6) is -0.389. The van der Waals surface area contributed by atoms with E-state index >= 15 is 0 Å². The molecule has 2 aromatic carbocycles. The molecule has 1 atom stereocenters. The third-order valence-electron chi connectivity index (χ3n) is 5.28. The molecule has 1 N–H and O–H groups in total. The third kappa shape index (κ3) is 8.33. The minimum absolute atomic E-state index is 0.0436. The molecular weight excluding hydrogens is 474 g/mol. The molecule has 0 saturated carbocycles. The number of hydrogen-bond donors (Lipinski definition) is 1. The molecule has 0 aliphatic carbocycles. The minimum atomic E-state index is -3.54. The van der Waals surface area contributed by atoms with Gasteiger partial charge in [0.2, 0.25) is 21.8 Å². The molecule has 2 amide bonds. The van der Waals surface area contributed by atoms with E-state index < -0.39 is 16.1 Å². The van der Waals surface area contributed by atoms with Crippen LogP contribution in [0.1, 0.15) is 45.6 Å². The van der Waals surface area contributed by atoms with Crippen molar-refractivity contribution in [1.29, 1.82) is 0 Å². The molecule has 1 unspecified atom stereocenters. The fourth-order valence-electron chi connectivity index (χ4n) is 3.69. The fourth-order valence-corrected chi connectivity index (χ4v) is 4.78. The van der Waals surface area contributed by atoms with E-state index in [1.54, 1.807) is 29.2 Å². The van der Waals surface area contributed by atoms with Crippen LogP contribution in [0.2, 0.25) is 5.02 Å². The Balaban J connectivity index is 2.18. The van der Waals surface area contributed by atoms with Crippen molar-refractivity contribution in [2.75, 3.05) is 17.1 Å². The Morgan fingerprint density at radius 2 is 1.65 bits per heavy atom. The van der Waals surface area contributed by atoms with Gasteiger partial charge in [-0.25, -0.2) is 8.42 Å². The van der Waals surface area contributed by atoms with Crippen LogP contribution in [0.25, 0.3) is 0 Å². The topological polar surface area (TPSA) is 86.8 Å². The number of rotatable bonds is 12. The van der Waals surface area contributed by atoms with Crippen molar-refractivity contribution in [3.63, 3.8) is 0 Å². The van der Waals surface area contributed by atoms with Gasteiger partial charge in [-0.15, -0.1) is 0 Å². The van der Waals surface area contributed by atoms with Crippen LogP contribution in [0.4, 0.5) is 5.69 Å². The molecule has 7 nitrogen and oxygen atoms in total. The summed E-state index contributed by atoms with van der Waals surface area (Å²) in [6, 6.07) is 15.4. The van der Waals surface area contributed by atoms with Gasteiger partial charge in [-0.05, 0) is 56.5 Å². The SMILES string of the molecule is CCC(C(=O)NC(C)C)N(Cc1ccccc1)C(=O)CCCN(c1ccc(Cl)cc1)S(C)(=O)=O. The maximum Gasteiger partial charge on any atom is 0.243 e. The Labute approximate surface area is 208 Å². The number of carbonyl (C=O) groups excluding carboxylic acids is 2. The highest BCUT2D eigenvalue weighted by atomic mass is 35.5. The van der Waals surface area contributed by atoms with E-state index in [9.17, 15) is 18.0 Å². The number of anilines is 1. The van der Waals surface area contributed by atoms with Crippen molar-refractivity contribution in [1.82, 2.24) is 10.2 Å². The van der Waals surface area contributed by atoms with Crippen LogP contribution in [0, 0.1) is 0 Å². The van der Waals surface area contributed by atoms with E-state index in [0.29, 0.717) is 30.1 Å². The van der Waals surface area contributed by atoms with Crippen LogP contribution >= 0.6 is 11.6 Å². The maximum atomic E-state index is 13.3. The molecule has 9 heteroatoms. The normalized spacial score (nSPS) is 12.3. The first-order chi connectivity index (χ1) is 16.0. The first-order valence-corrected chi connectivity index (χ1v) is 13.6. The lowest BCUT2D eigenvalue weighted by atomic mass is 10.1. The quantitative estimate of drug-likeness (QED) is 0.466. The first-order valence-electron chi connectivity index (χ1n) is 11.4. The van der Waals surface area contributed by atoms with Crippen LogP contribution < -0.4 is 9.62 Å². The van der Waals surface area contributed by atoms with Gasteiger partial charge in [-0.3, -0.25) is 13.9 Å². The summed E-state index contributed by atoms with van der Waals surface area (Å²) >= 11 is 5.93. The van der Waals surface area contributed by atoms with E-state index in [-0.39, 0.29) is 30.8 Å². The second kappa shape index (κ2) is 12.8. The lowest BCUT2D eigenvalue weighted by molar-refractivity contribution is -0.141. The average Bonchev–Trinajstić information content (AvgIpc) is 2.76. The zero-order valence-electron chi connectivity index (χ0n) is 20.2. The molecule has 0 heterocycles. The Kier molecular flexibility index (Phi) is 10.4. The number of halogens is 1. The summed E-state index contributed by atoms with van der Waals surface area (Å²) < 4.78 is 26.0. The molecule has 0 aromatic heterocycles. The largest absolute Gasteiger partial charge is 0.352 e. The lowest BCUT2D eigenvalue weighted by Gasteiger charge is -2.31.